The van der Waals surface area contributed by atoms with E-state index in [-0.39, 0.29) is 0 Å². The third kappa shape index (κ3) is 4.00. The molecule has 0 fully saturated rings. The van der Waals surface area contributed by atoms with Crippen molar-refractivity contribution in [1.82, 2.24) is 0 Å². The molecule has 0 spiro atoms. The maximum atomic E-state index is 6.33. The van der Waals surface area contributed by atoms with Crippen molar-refractivity contribution in [3.05, 3.63) is 164 Å². The molecule has 2 heterocycles. The molecule has 2 aromatic heterocycles. The van der Waals surface area contributed by atoms with Crippen LogP contribution in [-0.4, -0.2) is 0 Å². The molecular formula is C44H27NO2. The summed E-state index contributed by atoms with van der Waals surface area (Å²) in [4.78, 5) is 2.38. The van der Waals surface area contributed by atoms with Crippen LogP contribution in [0.5, 0.6) is 0 Å². The van der Waals surface area contributed by atoms with Crippen LogP contribution in [0.15, 0.2) is 173 Å². The molecule has 0 aliphatic heterocycles. The molecular weight excluding hydrogens is 574 g/mol. The molecule has 0 aliphatic carbocycles. The Labute approximate surface area is 270 Å². The van der Waals surface area contributed by atoms with Crippen molar-refractivity contribution in [2.24, 2.45) is 0 Å². The van der Waals surface area contributed by atoms with Crippen LogP contribution in [-0.2, 0) is 0 Å². The smallest absolute Gasteiger partial charge is 0.136 e. The number of para-hydroxylation sites is 2. The minimum absolute atomic E-state index is 0.881. The molecule has 10 aromatic rings. The summed E-state index contributed by atoms with van der Waals surface area (Å²) in [5.74, 6) is 0. The van der Waals surface area contributed by atoms with Gasteiger partial charge in [0.2, 0.25) is 0 Å². The quantitative estimate of drug-likeness (QED) is 0.188. The highest BCUT2D eigenvalue weighted by atomic mass is 16.3. The van der Waals surface area contributed by atoms with Gasteiger partial charge in [-0.15, -0.1) is 0 Å². The van der Waals surface area contributed by atoms with Crippen molar-refractivity contribution < 1.29 is 8.83 Å². The lowest BCUT2D eigenvalue weighted by Crippen LogP contribution is -2.10. The number of nitrogens with zero attached hydrogens (tertiary/aromatic N) is 1. The van der Waals surface area contributed by atoms with Gasteiger partial charge in [-0.2, -0.15) is 0 Å². The SMILES string of the molecule is c1ccc(-c2cccc(N(c3ccc4oc5ccccc5c4c3)c3cccc4c3ccc3ccc5oc6ccccc6c5c34)c2)cc1. The largest absolute Gasteiger partial charge is 0.456 e. The Morgan fingerprint density at radius 2 is 0.979 bits per heavy atom. The second-order valence-corrected chi connectivity index (χ2v) is 12.1. The molecule has 10 rings (SSSR count). The average molecular weight is 602 g/mol. The first-order chi connectivity index (χ1) is 23.3. The fourth-order valence-corrected chi connectivity index (χ4v) is 7.31. The Bertz CT molecular complexity index is 2810. The molecule has 0 aliphatic rings. The normalized spacial score (nSPS) is 11.8. The molecule has 0 unspecified atom stereocenters. The van der Waals surface area contributed by atoms with E-state index in [4.69, 9.17) is 8.83 Å². The van der Waals surface area contributed by atoms with Crippen molar-refractivity contribution in [3.63, 3.8) is 0 Å². The van der Waals surface area contributed by atoms with E-state index in [9.17, 15) is 0 Å². The van der Waals surface area contributed by atoms with Gasteiger partial charge >= 0.3 is 0 Å². The van der Waals surface area contributed by atoms with E-state index in [1.807, 2.05) is 18.2 Å². The molecule has 8 aromatic carbocycles. The van der Waals surface area contributed by atoms with Crippen LogP contribution >= 0.6 is 0 Å². The number of anilines is 3. The predicted molar refractivity (Wildman–Crippen MR) is 196 cm³/mol. The highest BCUT2D eigenvalue weighted by Crippen LogP contribution is 2.45. The van der Waals surface area contributed by atoms with Gasteiger partial charge in [0.05, 0.1) is 5.69 Å². The van der Waals surface area contributed by atoms with Gasteiger partial charge in [0, 0.05) is 43.7 Å². The molecule has 0 N–H and O–H groups in total. The first-order valence-electron chi connectivity index (χ1n) is 15.9. The fourth-order valence-electron chi connectivity index (χ4n) is 7.31. The molecule has 0 radical (unpaired) electrons. The lowest BCUT2D eigenvalue weighted by molar-refractivity contribution is 0.668. The highest BCUT2D eigenvalue weighted by molar-refractivity contribution is 6.28. The number of hydrogen-bond donors (Lipinski definition) is 0. The lowest BCUT2D eigenvalue weighted by Gasteiger charge is -2.27. The van der Waals surface area contributed by atoms with Gasteiger partial charge in [0.15, 0.2) is 0 Å². The van der Waals surface area contributed by atoms with Crippen molar-refractivity contribution in [2.45, 2.75) is 0 Å². The van der Waals surface area contributed by atoms with E-state index in [0.717, 1.165) is 60.9 Å². The summed E-state index contributed by atoms with van der Waals surface area (Å²) in [5.41, 5.74) is 9.18. The molecule has 3 nitrogen and oxygen atoms in total. The number of rotatable bonds is 4. The monoisotopic (exact) mass is 601 g/mol. The third-order valence-corrected chi connectivity index (χ3v) is 9.43. The molecule has 220 valence electrons. The zero-order chi connectivity index (χ0) is 30.9. The summed E-state index contributed by atoms with van der Waals surface area (Å²) in [5, 5.41) is 9.26. The van der Waals surface area contributed by atoms with E-state index in [2.05, 4.69) is 150 Å². The molecule has 0 amide bonds. The van der Waals surface area contributed by atoms with E-state index < -0.39 is 0 Å². The Balaban J connectivity index is 1.28. The number of benzene rings is 8. The van der Waals surface area contributed by atoms with Crippen LogP contribution in [0.4, 0.5) is 17.1 Å². The molecule has 0 atom stereocenters. The second-order valence-electron chi connectivity index (χ2n) is 12.1. The van der Waals surface area contributed by atoms with Crippen molar-refractivity contribution in [2.75, 3.05) is 4.90 Å². The van der Waals surface area contributed by atoms with Gasteiger partial charge in [0.1, 0.15) is 22.3 Å². The Hall–Kier alpha value is -6.32. The van der Waals surface area contributed by atoms with E-state index in [1.165, 1.54) is 32.7 Å². The molecule has 47 heavy (non-hydrogen) atoms. The zero-order valence-corrected chi connectivity index (χ0v) is 25.4. The fraction of sp³-hybridized carbons (Fsp3) is 0. The maximum absolute atomic E-state index is 6.33. The third-order valence-electron chi connectivity index (χ3n) is 9.43. The number of hydrogen-bond acceptors (Lipinski definition) is 3. The summed E-state index contributed by atoms with van der Waals surface area (Å²) in [6, 6.07) is 57.9. The van der Waals surface area contributed by atoms with Crippen LogP contribution in [0.1, 0.15) is 0 Å². The molecule has 0 saturated heterocycles. The maximum Gasteiger partial charge on any atom is 0.136 e. The van der Waals surface area contributed by atoms with Crippen LogP contribution in [0, 0.1) is 0 Å². The minimum Gasteiger partial charge on any atom is -0.456 e. The highest BCUT2D eigenvalue weighted by Gasteiger charge is 2.20. The number of furan rings is 2. The Morgan fingerprint density at radius 3 is 1.87 bits per heavy atom. The molecule has 3 heteroatoms. The summed E-state index contributed by atoms with van der Waals surface area (Å²) in [6.45, 7) is 0. The summed E-state index contributed by atoms with van der Waals surface area (Å²) in [6.07, 6.45) is 0. The zero-order valence-electron chi connectivity index (χ0n) is 25.4. The van der Waals surface area contributed by atoms with E-state index >= 15 is 0 Å². The van der Waals surface area contributed by atoms with Gasteiger partial charge < -0.3 is 13.7 Å². The Kier molecular flexibility index (Phi) is 5.57. The first-order valence-corrected chi connectivity index (χ1v) is 15.9. The van der Waals surface area contributed by atoms with Crippen LogP contribution in [0.3, 0.4) is 0 Å². The predicted octanol–water partition coefficient (Wildman–Crippen LogP) is 12.9. The van der Waals surface area contributed by atoms with Gasteiger partial charge in [-0.3, -0.25) is 0 Å². The minimum atomic E-state index is 0.881. The van der Waals surface area contributed by atoms with E-state index in [0.29, 0.717) is 0 Å². The van der Waals surface area contributed by atoms with Crippen LogP contribution in [0.2, 0.25) is 0 Å². The van der Waals surface area contributed by atoms with Crippen LogP contribution < -0.4 is 4.90 Å². The summed E-state index contributed by atoms with van der Waals surface area (Å²) >= 11 is 0. The summed E-state index contributed by atoms with van der Waals surface area (Å²) < 4.78 is 12.6. The first kappa shape index (κ1) is 26.0. The second kappa shape index (κ2) is 10.1. The van der Waals surface area contributed by atoms with Crippen molar-refractivity contribution >= 4 is 82.5 Å². The average Bonchev–Trinajstić information content (AvgIpc) is 3.70. The standard InChI is InChI=1S/C44H27NO2/c1-2-10-28(11-3-1)30-12-8-13-31(26-30)45(32-22-25-41-37(27-32)34-14-4-6-18-39(34)46-41)38-17-9-16-35-33(38)23-20-29-21-24-42-44(43(29)35)36-15-5-7-19-40(36)47-42/h1-27H. The van der Waals surface area contributed by atoms with Gasteiger partial charge in [-0.05, 0) is 76.5 Å². The molecule has 0 bridgehead atoms. The lowest BCUT2D eigenvalue weighted by atomic mass is 9.96. The van der Waals surface area contributed by atoms with Crippen molar-refractivity contribution in [3.8, 4) is 11.1 Å². The van der Waals surface area contributed by atoms with Crippen LogP contribution in [0.25, 0.3) is 76.5 Å². The Morgan fingerprint density at radius 1 is 0.340 bits per heavy atom. The van der Waals surface area contributed by atoms with Gasteiger partial charge in [-0.25, -0.2) is 0 Å². The van der Waals surface area contributed by atoms with Gasteiger partial charge in [-0.1, -0.05) is 109 Å². The number of fused-ring (bicyclic) bond motifs is 10. The van der Waals surface area contributed by atoms with Crippen molar-refractivity contribution in [1.29, 1.82) is 0 Å². The van der Waals surface area contributed by atoms with E-state index in [1.54, 1.807) is 0 Å². The topological polar surface area (TPSA) is 29.5 Å². The molecule has 0 saturated carbocycles. The summed E-state index contributed by atoms with van der Waals surface area (Å²) in [7, 11) is 0. The van der Waals surface area contributed by atoms with Gasteiger partial charge in [0.25, 0.3) is 0 Å².